The molecule has 0 saturated carbocycles. The summed E-state index contributed by atoms with van der Waals surface area (Å²) in [6.07, 6.45) is 2.46. The second kappa shape index (κ2) is 6.94. The Morgan fingerprint density at radius 1 is 1.29 bits per heavy atom. The molecule has 2 aromatic rings. The zero-order valence-electron chi connectivity index (χ0n) is 10.6. The van der Waals surface area contributed by atoms with Crippen LogP contribution in [0.3, 0.4) is 0 Å². The number of aromatic nitrogens is 2. The third-order valence-corrected chi connectivity index (χ3v) is 2.68. The summed E-state index contributed by atoms with van der Waals surface area (Å²) in [6, 6.07) is 6.19. The smallest absolute Gasteiger partial charge is 0.387 e. The van der Waals surface area contributed by atoms with Gasteiger partial charge in [-0.25, -0.2) is 9.97 Å². The van der Waals surface area contributed by atoms with Crippen LogP contribution in [0.15, 0.2) is 36.7 Å². The normalized spacial score (nSPS) is 10.5. The van der Waals surface area contributed by atoms with E-state index in [1.54, 1.807) is 18.2 Å². The Balaban J connectivity index is 2.02. The molecule has 0 fully saturated rings. The zero-order chi connectivity index (χ0) is 15.2. The lowest BCUT2D eigenvalue weighted by atomic mass is 10.2. The van der Waals surface area contributed by atoms with E-state index in [1.165, 1.54) is 18.5 Å². The molecular weight excluding hydrogens is 304 g/mol. The lowest BCUT2D eigenvalue weighted by Gasteiger charge is -2.11. The van der Waals surface area contributed by atoms with Crippen molar-refractivity contribution >= 4 is 17.5 Å². The lowest BCUT2D eigenvalue weighted by Crippen LogP contribution is -2.24. The van der Waals surface area contributed by atoms with Crippen molar-refractivity contribution in [1.82, 2.24) is 15.3 Å². The van der Waals surface area contributed by atoms with Gasteiger partial charge in [-0.3, -0.25) is 4.79 Å². The molecule has 0 saturated heterocycles. The van der Waals surface area contributed by atoms with Crippen LogP contribution in [-0.2, 0) is 6.54 Å². The number of ether oxygens (including phenoxy) is 1. The highest BCUT2D eigenvalue weighted by Gasteiger charge is 2.11. The van der Waals surface area contributed by atoms with Crippen molar-refractivity contribution < 1.29 is 18.3 Å². The van der Waals surface area contributed by atoms with Crippen molar-refractivity contribution in [2.75, 3.05) is 0 Å². The van der Waals surface area contributed by atoms with Crippen molar-refractivity contribution in [3.05, 3.63) is 53.1 Å². The Morgan fingerprint density at radius 3 is 2.71 bits per heavy atom. The van der Waals surface area contributed by atoms with E-state index in [1.807, 2.05) is 0 Å². The summed E-state index contributed by atoms with van der Waals surface area (Å²) in [5.74, 6) is -0.485. The number of rotatable bonds is 5. The van der Waals surface area contributed by atoms with Gasteiger partial charge in [0.2, 0.25) is 0 Å². The fourth-order valence-electron chi connectivity index (χ4n) is 1.56. The quantitative estimate of drug-likeness (QED) is 0.921. The summed E-state index contributed by atoms with van der Waals surface area (Å²) in [7, 11) is 0. The number of hydrogen-bond donors (Lipinski definition) is 1. The number of nitrogens with one attached hydrogen (secondary N) is 1. The molecule has 0 unspecified atom stereocenters. The average Bonchev–Trinajstić information content (AvgIpc) is 2.46. The number of amides is 1. The molecule has 1 aromatic carbocycles. The van der Waals surface area contributed by atoms with E-state index in [4.69, 9.17) is 11.6 Å². The largest absolute Gasteiger partial charge is 0.434 e. The highest BCUT2D eigenvalue weighted by molar-refractivity contribution is 6.29. The maximum absolute atomic E-state index is 12.3. The molecule has 8 heteroatoms. The van der Waals surface area contributed by atoms with Crippen LogP contribution in [0.25, 0.3) is 0 Å². The van der Waals surface area contributed by atoms with Crippen molar-refractivity contribution in [1.29, 1.82) is 0 Å². The van der Waals surface area contributed by atoms with Crippen molar-refractivity contribution in [2.24, 2.45) is 0 Å². The van der Waals surface area contributed by atoms with Crippen molar-refractivity contribution in [3.63, 3.8) is 0 Å². The SMILES string of the molecule is O=C(NCc1ccccc1OC(F)F)c1cnc(Cl)cn1. The Hall–Kier alpha value is -2.28. The topological polar surface area (TPSA) is 64.1 Å². The average molecular weight is 314 g/mol. The van der Waals surface area contributed by atoms with Crippen molar-refractivity contribution in [3.8, 4) is 5.75 Å². The fourth-order valence-corrected chi connectivity index (χ4v) is 1.65. The van der Waals surface area contributed by atoms with E-state index in [0.717, 1.165) is 0 Å². The minimum absolute atomic E-state index is 0.00925. The van der Waals surface area contributed by atoms with Gasteiger partial charge in [-0.15, -0.1) is 0 Å². The first-order valence-corrected chi connectivity index (χ1v) is 6.22. The first-order valence-electron chi connectivity index (χ1n) is 5.84. The summed E-state index contributed by atoms with van der Waals surface area (Å²) in [5.41, 5.74) is 0.500. The van der Waals surface area contributed by atoms with Crippen molar-refractivity contribution in [2.45, 2.75) is 13.2 Å². The Labute approximate surface area is 123 Å². The molecule has 1 heterocycles. The van der Waals surface area contributed by atoms with E-state index >= 15 is 0 Å². The molecule has 1 N–H and O–H groups in total. The van der Waals surface area contributed by atoms with Crippen LogP contribution in [-0.4, -0.2) is 22.5 Å². The molecule has 2 rings (SSSR count). The van der Waals surface area contributed by atoms with E-state index in [0.29, 0.717) is 5.56 Å². The van der Waals surface area contributed by atoms with Gasteiger partial charge in [0.1, 0.15) is 16.6 Å². The molecule has 5 nitrogen and oxygen atoms in total. The number of carbonyl (C=O) groups is 1. The molecule has 0 aliphatic heterocycles. The van der Waals surface area contributed by atoms with E-state index in [2.05, 4.69) is 20.0 Å². The van der Waals surface area contributed by atoms with Crippen LogP contribution < -0.4 is 10.1 Å². The van der Waals surface area contributed by atoms with Gasteiger partial charge in [0, 0.05) is 12.1 Å². The monoisotopic (exact) mass is 313 g/mol. The molecule has 0 radical (unpaired) electrons. The molecule has 0 aliphatic carbocycles. The van der Waals surface area contributed by atoms with E-state index in [9.17, 15) is 13.6 Å². The molecule has 0 aliphatic rings. The summed E-state index contributed by atoms with van der Waals surface area (Å²) in [4.78, 5) is 19.4. The van der Waals surface area contributed by atoms with Gasteiger partial charge in [0.25, 0.3) is 5.91 Å². The van der Waals surface area contributed by atoms with Gasteiger partial charge in [-0.1, -0.05) is 29.8 Å². The van der Waals surface area contributed by atoms with Crippen LogP contribution >= 0.6 is 11.6 Å². The fraction of sp³-hybridized carbons (Fsp3) is 0.154. The first-order chi connectivity index (χ1) is 10.1. The van der Waals surface area contributed by atoms with Crippen LogP contribution in [0.2, 0.25) is 5.15 Å². The van der Waals surface area contributed by atoms with Gasteiger partial charge in [-0.05, 0) is 6.07 Å². The molecular formula is C13H10ClF2N3O2. The summed E-state index contributed by atoms with van der Waals surface area (Å²) < 4.78 is 28.9. The van der Waals surface area contributed by atoms with Gasteiger partial charge < -0.3 is 10.1 Å². The van der Waals surface area contributed by atoms with E-state index < -0.39 is 12.5 Å². The Morgan fingerprint density at radius 2 is 2.05 bits per heavy atom. The molecule has 21 heavy (non-hydrogen) atoms. The highest BCUT2D eigenvalue weighted by atomic mass is 35.5. The zero-order valence-corrected chi connectivity index (χ0v) is 11.3. The first kappa shape index (κ1) is 15.1. The molecule has 1 amide bonds. The lowest BCUT2D eigenvalue weighted by molar-refractivity contribution is -0.0504. The third kappa shape index (κ3) is 4.35. The predicted molar refractivity (Wildman–Crippen MR) is 71.3 cm³/mol. The molecule has 1 aromatic heterocycles. The minimum Gasteiger partial charge on any atom is -0.434 e. The van der Waals surface area contributed by atoms with E-state index in [-0.39, 0.29) is 23.1 Å². The number of alkyl halides is 2. The van der Waals surface area contributed by atoms with Crippen LogP contribution in [0.5, 0.6) is 5.75 Å². The summed E-state index contributed by atoms with van der Waals surface area (Å²) in [6.45, 7) is -2.91. The maximum atomic E-state index is 12.3. The second-order valence-corrected chi connectivity index (χ2v) is 4.28. The number of nitrogens with zero attached hydrogens (tertiary/aromatic N) is 2. The standard InChI is InChI=1S/C13H10ClF2N3O2/c14-11-7-17-9(6-18-11)12(20)19-5-8-3-1-2-4-10(8)21-13(15)16/h1-4,6-7,13H,5H2,(H,19,20). The molecule has 0 spiro atoms. The molecule has 0 bridgehead atoms. The highest BCUT2D eigenvalue weighted by Crippen LogP contribution is 2.20. The molecule has 0 atom stereocenters. The Bertz CT molecular complexity index is 623. The number of halogens is 3. The van der Waals surface area contributed by atoms with Gasteiger partial charge in [-0.2, -0.15) is 8.78 Å². The summed E-state index contributed by atoms with van der Waals surface area (Å²) in [5, 5.41) is 2.71. The third-order valence-electron chi connectivity index (χ3n) is 2.48. The van der Waals surface area contributed by atoms with Crippen LogP contribution in [0, 0.1) is 0 Å². The number of benzene rings is 1. The summed E-state index contributed by atoms with van der Waals surface area (Å²) >= 11 is 5.57. The van der Waals surface area contributed by atoms with Crippen LogP contribution in [0.1, 0.15) is 16.1 Å². The number of hydrogen-bond acceptors (Lipinski definition) is 4. The number of para-hydroxylation sites is 1. The second-order valence-electron chi connectivity index (χ2n) is 3.89. The van der Waals surface area contributed by atoms with Gasteiger partial charge in [0.15, 0.2) is 0 Å². The predicted octanol–water partition coefficient (Wildman–Crippen LogP) is 2.66. The van der Waals surface area contributed by atoms with Gasteiger partial charge >= 0.3 is 6.61 Å². The van der Waals surface area contributed by atoms with Crippen LogP contribution in [0.4, 0.5) is 8.78 Å². The number of carbonyl (C=O) groups excluding carboxylic acids is 1. The van der Waals surface area contributed by atoms with Gasteiger partial charge in [0.05, 0.1) is 12.4 Å². The minimum atomic E-state index is -2.93. The molecule has 110 valence electrons. The maximum Gasteiger partial charge on any atom is 0.387 e. The Kier molecular flexibility index (Phi) is 4.99.